The van der Waals surface area contributed by atoms with Gasteiger partial charge < -0.3 is 10.2 Å². The predicted octanol–water partition coefficient (Wildman–Crippen LogP) is 2.64. The molecule has 0 bridgehead atoms. The lowest BCUT2D eigenvalue weighted by molar-refractivity contribution is 0.167. The third-order valence-corrected chi connectivity index (χ3v) is 3.55. The molecular formula is C13H28N2. The lowest BCUT2D eigenvalue weighted by atomic mass is 9.90. The minimum absolute atomic E-state index is 0.377. The van der Waals surface area contributed by atoms with Gasteiger partial charge in [-0.3, -0.25) is 0 Å². The average Bonchev–Trinajstić information content (AvgIpc) is 2.25. The molecule has 2 nitrogen and oxygen atoms in total. The van der Waals surface area contributed by atoms with E-state index in [4.69, 9.17) is 0 Å². The van der Waals surface area contributed by atoms with Gasteiger partial charge in [0.2, 0.25) is 0 Å². The number of likely N-dealkylation sites (N-methyl/N-ethyl adjacent to an activating group) is 1. The molecule has 1 aliphatic rings. The van der Waals surface area contributed by atoms with Gasteiger partial charge in [-0.2, -0.15) is 0 Å². The Morgan fingerprint density at radius 1 is 1.27 bits per heavy atom. The molecule has 0 aromatic carbocycles. The Kier molecular flexibility index (Phi) is 5.62. The van der Waals surface area contributed by atoms with Crippen LogP contribution in [0.2, 0.25) is 0 Å². The quantitative estimate of drug-likeness (QED) is 0.728. The van der Waals surface area contributed by atoms with Gasteiger partial charge in [0.05, 0.1) is 0 Å². The van der Waals surface area contributed by atoms with E-state index >= 15 is 0 Å². The molecule has 1 atom stereocenters. The van der Waals surface area contributed by atoms with Gasteiger partial charge >= 0.3 is 0 Å². The summed E-state index contributed by atoms with van der Waals surface area (Å²) in [4.78, 5) is 2.60. The lowest BCUT2D eigenvalue weighted by Crippen LogP contribution is -2.53. The van der Waals surface area contributed by atoms with Crippen LogP contribution in [-0.4, -0.2) is 36.6 Å². The summed E-state index contributed by atoms with van der Waals surface area (Å²) in [5.74, 6) is 0. The van der Waals surface area contributed by atoms with Gasteiger partial charge in [0.1, 0.15) is 0 Å². The predicted molar refractivity (Wildman–Crippen MR) is 67.3 cm³/mol. The van der Waals surface area contributed by atoms with Crippen molar-refractivity contribution in [3.8, 4) is 0 Å². The first-order chi connectivity index (χ1) is 7.20. The summed E-state index contributed by atoms with van der Waals surface area (Å²) in [5, 5.41) is 3.70. The second-order valence-electron chi connectivity index (χ2n) is 5.17. The van der Waals surface area contributed by atoms with Gasteiger partial charge in [-0.05, 0) is 45.8 Å². The fourth-order valence-electron chi connectivity index (χ4n) is 2.48. The van der Waals surface area contributed by atoms with Crippen LogP contribution in [-0.2, 0) is 0 Å². The van der Waals surface area contributed by atoms with Crippen molar-refractivity contribution in [1.29, 1.82) is 0 Å². The van der Waals surface area contributed by atoms with Crippen LogP contribution < -0.4 is 5.32 Å². The number of hydrogen-bond acceptors (Lipinski definition) is 2. The molecule has 0 aromatic heterocycles. The van der Waals surface area contributed by atoms with Gasteiger partial charge in [0.25, 0.3) is 0 Å². The maximum atomic E-state index is 3.70. The highest BCUT2D eigenvalue weighted by Gasteiger charge is 2.27. The molecule has 1 fully saturated rings. The smallest absolute Gasteiger partial charge is 0.0280 e. The number of piperidine rings is 1. The van der Waals surface area contributed by atoms with E-state index in [2.05, 4.69) is 31.0 Å². The molecule has 15 heavy (non-hydrogen) atoms. The van der Waals surface area contributed by atoms with Crippen LogP contribution in [0.5, 0.6) is 0 Å². The van der Waals surface area contributed by atoms with Crippen LogP contribution in [0, 0.1) is 0 Å². The molecule has 1 heterocycles. The molecule has 0 spiro atoms. The van der Waals surface area contributed by atoms with E-state index in [9.17, 15) is 0 Å². The number of nitrogens with one attached hydrogen (secondary N) is 1. The SMILES string of the molecule is CCCCN(CC)CC1(C)CCCCN1. The van der Waals surface area contributed by atoms with E-state index in [1.165, 1.54) is 58.3 Å². The second kappa shape index (κ2) is 6.49. The van der Waals surface area contributed by atoms with Crippen molar-refractivity contribution < 1.29 is 0 Å². The fourth-order valence-corrected chi connectivity index (χ4v) is 2.48. The van der Waals surface area contributed by atoms with Crippen molar-refractivity contribution in [2.45, 2.75) is 58.4 Å². The zero-order valence-electron chi connectivity index (χ0n) is 10.8. The monoisotopic (exact) mass is 212 g/mol. The molecule has 2 heteroatoms. The highest BCUT2D eigenvalue weighted by atomic mass is 15.2. The molecule has 1 aliphatic heterocycles. The molecule has 1 rings (SSSR count). The fraction of sp³-hybridized carbons (Fsp3) is 1.00. The third-order valence-electron chi connectivity index (χ3n) is 3.55. The minimum Gasteiger partial charge on any atom is -0.310 e. The van der Waals surface area contributed by atoms with E-state index in [1.807, 2.05) is 0 Å². The molecule has 1 saturated heterocycles. The van der Waals surface area contributed by atoms with E-state index in [0.717, 1.165) is 0 Å². The number of nitrogens with zero attached hydrogens (tertiary/aromatic N) is 1. The highest BCUT2D eigenvalue weighted by Crippen LogP contribution is 2.20. The first kappa shape index (κ1) is 13.0. The van der Waals surface area contributed by atoms with Crippen LogP contribution in [0.25, 0.3) is 0 Å². The molecular weight excluding hydrogens is 184 g/mol. The molecule has 90 valence electrons. The lowest BCUT2D eigenvalue weighted by Gasteiger charge is -2.39. The van der Waals surface area contributed by atoms with Crippen LogP contribution in [0.15, 0.2) is 0 Å². The van der Waals surface area contributed by atoms with Gasteiger partial charge in [0.15, 0.2) is 0 Å². The summed E-state index contributed by atoms with van der Waals surface area (Å²) in [5.41, 5.74) is 0.377. The van der Waals surface area contributed by atoms with Crippen LogP contribution >= 0.6 is 0 Å². The Bertz CT molecular complexity index is 162. The Morgan fingerprint density at radius 2 is 2.07 bits per heavy atom. The first-order valence-corrected chi connectivity index (χ1v) is 6.67. The Balaban J connectivity index is 2.34. The Morgan fingerprint density at radius 3 is 2.60 bits per heavy atom. The maximum Gasteiger partial charge on any atom is 0.0280 e. The van der Waals surface area contributed by atoms with Crippen molar-refractivity contribution in [2.24, 2.45) is 0 Å². The topological polar surface area (TPSA) is 15.3 Å². The third kappa shape index (κ3) is 4.52. The maximum absolute atomic E-state index is 3.70. The highest BCUT2D eigenvalue weighted by molar-refractivity contribution is 4.89. The van der Waals surface area contributed by atoms with Crippen molar-refractivity contribution in [3.63, 3.8) is 0 Å². The number of rotatable bonds is 6. The van der Waals surface area contributed by atoms with Crippen molar-refractivity contribution in [1.82, 2.24) is 10.2 Å². The second-order valence-corrected chi connectivity index (χ2v) is 5.17. The van der Waals surface area contributed by atoms with E-state index in [0.29, 0.717) is 5.54 Å². The molecule has 0 aliphatic carbocycles. The summed E-state index contributed by atoms with van der Waals surface area (Å²) in [6.07, 6.45) is 6.74. The summed E-state index contributed by atoms with van der Waals surface area (Å²) in [6, 6.07) is 0. The van der Waals surface area contributed by atoms with Gasteiger partial charge in [-0.1, -0.05) is 26.7 Å². The summed E-state index contributed by atoms with van der Waals surface area (Å²) in [7, 11) is 0. The van der Waals surface area contributed by atoms with Gasteiger partial charge in [-0.15, -0.1) is 0 Å². The van der Waals surface area contributed by atoms with Crippen LogP contribution in [0.4, 0.5) is 0 Å². The molecule has 0 amide bonds. The molecule has 1 N–H and O–H groups in total. The van der Waals surface area contributed by atoms with Gasteiger partial charge in [0, 0.05) is 12.1 Å². The van der Waals surface area contributed by atoms with E-state index < -0.39 is 0 Å². The van der Waals surface area contributed by atoms with Crippen LogP contribution in [0.3, 0.4) is 0 Å². The van der Waals surface area contributed by atoms with Gasteiger partial charge in [-0.25, -0.2) is 0 Å². The minimum atomic E-state index is 0.377. The number of hydrogen-bond donors (Lipinski definition) is 1. The van der Waals surface area contributed by atoms with Crippen molar-refractivity contribution in [2.75, 3.05) is 26.2 Å². The van der Waals surface area contributed by atoms with Crippen LogP contribution in [0.1, 0.15) is 52.9 Å². The largest absolute Gasteiger partial charge is 0.310 e. The standard InChI is InChI=1S/C13H28N2/c1-4-6-11-15(5-2)12-13(3)9-7-8-10-14-13/h14H,4-12H2,1-3H3. The van der Waals surface area contributed by atoms with E-state index in [-0.39, 0.29) is 0 Å². The summed E-state index contributed by atoms with van der Waals surface area (Å²) < 4.78 is 0. The number of unbranched alkanes of at least 4 members (excludes halogenated alkanes) is 1. The normalized spacial score (nSPS) is 27.2. The molecule has 0 radical (unpaired) electrons. The average molecular weight is 212 g/mol. The van der Waals surface area contributed by atoms with E-state index in [1.54, 1.807) is 0 Å². The Labute approximate surface area is 95.4 Å². The molecule has 0 saturated carbocycles. The summed E-state index contributed by atoms with van der Waals surface area (Å²) in [6.45, 7) is 11.8. The Hall–Kier alpha value is -0.0800. The molecule has 1 unspecified atom stereocenters. The van der Waals surface area contributed by atoms with Crippen molar-refractivity contribution >= 4 is 0 Å². The zero-order valence-corrected chi connectivity index (χ0v) is 10.8. The first-order valence-electron chi connectivity index (χ1n) is 6.67. The van der Waals surface area contributed by atoms with Crippen molar-refractivity contribution in [3.05, 3.63) is 0 Å². The zero-order chi connectivity index (χ0) is 11.1. The summed E-state index contributed by atoms with van der Waals surface area (Å²) >= 11 is 0. The molecule has 0 aromatic rings.